The van der Waals surface area contributed by atoms with Gasteiger partial charge in [-0.15, -0.1) is 0 Å². The van der Waals surface area contributed by atoms with E-state index in [0.29, 0.717) is 17.9 Å². The first-order chi connectivity index (χ1) is 32.7. The number of nitrogens with one attached hydrogen (secondary N) is 4. The Kier molecular flexibility index (Phi) is 19.8. The number of nitrogens with zero attached hydrogens (tertiary/aromatic N) is 1. The molecule has 2 aliphatic rings. The molecule has 21 nitrogen and oxygen atoms in total. The number of nitrogens with two attached hydrogens (primary N) is 2. The summed E-state index contributed by atoms with van der Waals surface area (Å²) < 4.78 is 97.3. The number of amides is 4. The van der Waals surface area contributed by atoms with E-state index in [9.17, 15) is 79.7 Å². The third-order valence-electron chi connectivity index (χ3n) is 10.5. The SMILES string of the molecule is CC[n+]1c(-c2ccccc2)c2cc(NC(=O)N[C@H]3C[C@@H](N)[C@H](O)[C@@H](O)[C@@H]3O)ccc2c2ccc(NC(=O)N[C@@H]3C[C@H](N)[C@@H](O)[C@H](O)[C@H]3O)cc21.O=C(O)C(F)(F)F.O=C(O)C(F)(F)F.O=C(O)C(F)(F)F. The van der Waals surface area contributed by atoms with E-state index in [2.05, 4.69) is 25.8 Å². The molecule has 4 amide bonds. The summed E-state index contributed by atoms with van der Waals surface area (Å²) in [5, 5.41) is 95.9. The molecule has 0 saturated heterocycles. The number of aliphatic carboxylic acids is 3. The Bertz CT molecular complexity index is 2470. The maximum atomic E-state index is 13.1. The molecule has 0 unspecified atom stereocenters. The number of aryl methyl sites for hydroxylation is 1. The lowest BCUT2D eigenvalue weighted by molar-refractivity contribution is -0.655. The molecule has 3 aromatic carbocycles. The zero-order valence-electron chi connectivity index (χ0n) is 36.3. The molecule has 2 saturated carbocycles. The Hall–Kier alpha value is -6.67. The number of carboxylic acids is 3. The lowest BCUT2D eigenvalue weighted by atomic mass is 9.84. The Morgan fingerprint density at radius 3 is 1.28 bits per heavy atom. The lowest BCUT2D eigenvalue weighted by Crippen LogP contribution is -2.63. The highest BCUT2D eigenvalue weighted by molar-refractivity contribution is 6.11. The second-order valence-electron chi connectivity index (χ2n) is 15.5. The number of pyridine rings is 1. The van der Waals surface area contributed by atoms with E-state index >= 15 is 0 Å². The van der Waals surface area contributed by atoms with Gasteiger partial charge in [0.05, 0.1) is 35.1 Å². The van der Waals surface area contributed by atoms with Crippen LogP contribution in [0.5, 0.6) is 0 Å². The van der Waals surface area contributed by atoms with Gasteiger partial charge in [0.15, 0.2) is 0 Å². The third-order valence-corrected chi connectivity index (χ3v) is 10.5. The maximum absolute atomic E-state index is 13.1. The molecular weight excluding hydrogens is 985 g/mol. The van der Waals surface area contributed by atoms with Crippen LogP contribution in [0, 0.1) is 0 Å². The number of benzene rings is 3. The van der Waals surface area contributed by atoms with Crippen molar-refractivity contribution in [3.8, 4) is 11.3 Å². The van der Waals surface area contributed by atoms with Crippen molar-refractivity contribution < 1.29 is 114 Å². The number of hydrogen-bond acceptors (Lipinski definition) is 13. The van der Waals surface area contributed by atoms with Crippen molar-refractivity contribution in [2.45, 2.75) is 106 Å². The molecule has 0 spiro atoms. The number of alkyl halides is 9. The molecule has 71 heavy (non-hydrogen) atoms. The zero-order valence-corrected chi connectivity index (χ0v) is 36.3. The molecule has 2 aliphatic carbocycles. The first kappa shape index (κ1) is 58.6. The van der Waals surface area contributed by atoms with Crippen molar-refractivity contribution >= 4 is 63.0 Å². The topological polar surface area (TPSA) is 371 Å². The van der Waals surface area contributed by atoms with E-state index in [1.54, 1.807) is 12.1 Å². The second-order valence-corrected chi connectivity index (χ2v) is 15.5. The zero-order chi connectivity index (χ0) is 54.1. The Labute approximate surface area is 393 Å². The number of carboxylic acid groups (broad SMARTS) is 3. The minimum Gasteiger partial charge on any atom is -0.475 e. The van der Waals surface area contributed by atoms with Crippen molar-refractivity contribution in [3.05, 3.63) is 66.7 Å². The fourth-order valence-corrected chi connectivity index (χ4v) is 7.11. The molecule has 0 bridgehead atoms. The van der Waals surface area contributed by atoms with Gasteiger partial charge >= 0.3 is 48.5 Å². The van der Waals surface area contributed by atoms with Crippen LogP contribution in [0.3, 0.4) is 0 Å². The predicted molar refractivity (Wildman–Crippen MR) is 227 cm³/mol. The predicted octanol–water partition coefficient (Wildman–Crippen LogP) is 1.47. The third kappa shape index (κ3) is 15.7. The summed E-state index contributed by atoms with van der Waals surface area (Å²) in [7, 11) is 0. The van der Waals surface area contributed by atoms with E-state index in [-0.39, 0.29) is 12.8 Å². The van der Waals surface area contributed by atoms with E-state index in [1.807, 2.05) is 61.5 Å². The smallest absolute Gasteiger partial charge is 0.475 e. The van der Waals surface area contributed by atoms with Gasteiger partial charge in [-0.3, -0.25) is 0 Å². The number of urea groups is 2. The summed E-state index contributed by atoms with van der Waals surface area (Å²) in [6.45, 7) is 2.55. The van der Waals surface area contributed by atoms with Gasteiger partial charge in [-0.1, -0.05) is 24.3 Å². The number of aliphatic hydroxyl groups is 6. The minimum absolute atomic E-state index is 0.0770. The number of anilines is 2. The molecule has 4 aromatic rings. The number of fused-ring (bicyclic) bond motifs is 3. The van der Waals surface area contributed by atoms with Gasteiger partial charge in [0.25, 0.3) is 0 Å². The van der Waals surface area contributed by atoms with Crippen LogP contribution < -0.4 is 37.3 Å². The molecule has 2 fully saturated rings. The second kappa shape index (κ2) is 24.0. The van der Waals surface area contributed by atoms with Crippen LogP contribution in [0.2, 0.25) is 0 Å². The maximum Gasteiger partial charge on any atom is 0.490 e. The standard InChI is InChI=1S/C35H43N7O8.3C2HF3O2/c1-2-42-26-13-18(39-35(50)41-25-15-23(37)29(44)33(48)31(25)46)9-11-20(26)19-10-8-17(12-21(19)27(42)16-6-4-3-5-7-16)38-34(49)40-24-14-22(36)28(43)32(47)30(24)45;3*3-2(4,5)1(6)7/h3-13,22-25,28-33,43-48H,2,14-15,36-37H2,1H3,(H3,38,40,41,49,50);3*(H,6,7)/p+1/t22-,23+,24+,25-,28+,29-,30-,31+,32-,33+;;;/m1.../s1. The van der Waals surface area contributed by atoms with E-state index in [4.69, 9.17) is 41.2 Å². The van der Waals surface area contributed by atoms with Crippen molar-refractivity contribution in [1.82, 2.24) is 10.6 Å². The summed E-state index contributed by atoms with van der Waals surface area (Å²) >= 11 is 0. The highest BCUT2D eigenvalue weighted by Gasteiger charge is 2.44. The fourth-order valence-electron chi connectivity index (χ4n) is 7.11. The average molecular weight is 1030 g/mol. The molecule has 30 heteroatoms. The lowest BCUT2D eigenvalue weighted by Gasteiger charge is -2.39. The molecule has 392 valence electrons. The normalized spacial score (nSPS) is 24.3. The van der Waals surface area contributed by atoms with Crippen LogP contribution >= 0.6 is 0 Å². The van der Waals surface area contributed by atoms with Gasteiger partial charge in [-0.05, 0) is 56.2 Å². The first-order valence-electron chi connectivity index (χ1n) is 20.3. The van der Waals surface area contributed by atoms with Gasteiger partial charge in [-0.2, -0.15) is 44.1 Å². The van der Waals surface area contributed by atoms with E-state index in [0.717, 1.165) is 32.9 Å². The fraction of sp³-hybridized carbons (Fsp3) is 0.415. The van der Waals surface area contributed by atoms with Gasteiger partial charge in [-0.25, -0.2) is 24.0 Å². The van der Waals surface area contributed by atoms with Crippen LogP contribution in [-0.4, -0.2) is 155 Å². The van der Waals surface area contributed by atoms with Gasteiger partial charge in [0.2, 0.25) is 11.2 Å². The summed E-state index contributed by atoms with van der Waals surface area (Å²) in [6, 6.07) is 16.1. The first-order valence-corrected chi connectivity index (χ1v) is 20.3. The quantitative estimate of drug-likeness (QED) is 0.0739. The van der Waals surface area contributed by atoms with E-state index in [1.165, 1.54) is 0 Å². The van der Waals surface area contributed by atoms with Crippen molar-refractivity contribution in [2.24, 2.45) is 11.5 Å². The number of halogens is 9. The van der Waals surface area contributed by atoms with Crippen molar-refractivity contribution in [1.29, 1.82) is 0 Å². The molecule has 1 aromatic heterocycles. The molecular formula is C41H47F9N7O14+. The molecule has 0 radical (unpaired) electrons. The minimum atomic E-state index is -5.08. The van der Waals surface area contributed by atoms with Crippen LogP contribution in [0.1, 0.15) is 19.8 Å². The van der Waals surface area contributed by atoms with Crippen LogP contribution in [-0.2, 0) is 20.9 Å². The van der Waals surface area contributed by atoms with Crippen molar-refractivity contribution in [3.63, 3.8) is 0 Å². The van der Waals surface area contributed by atoms with Gasteiger partial charge in [0.1, 0.15) is 31.0 Å². The Morgan fingerprint density at radius 1 is 0.549 bits per heavy atom. The van der Waals surface area contributed by atoms with Crippen LogP contribution in [0.15, 0.2) is 66.7 Å². The number of hydrogen-bond donors (Lipinski definition) is 15. The van der Waals surface area contributed by atoms with E-state index < -0.39 is 109 Å². The van der Waals surface area contributed by atoms with Crippen LogP contribution in [0.4, 0.5) is 60.5 Å². The number of aromatic nitrogens is 1. The highest BCUT2D eigenvalue weighted by Crippen LogP contribution is 2.34. The molecule has 1 heterocycles. The summed E-state index contributed by atoms with van der Waals surface area (Å²) in [5.41, 5.74) is 15.3. The largest absolute Gasteiger partial charge is 0.490 e. The molecule has 17 N–H and O–H groups in total. The number of rotatable bonds is 6. The number of carbonyl (C=O) groups is 5. The van der Waals surface area contributed by atoms with Crippen molar-refractivity contribution in [2.75, 3.05) is 10.6 Å². The molecule has 0 aliphatic heterocycles. The Morgan fingerprint density at radius 2 is 0.915 bits per heavy atom. The van der Waals surface area contributed by atoms with Gasteiger partial charge < -0.3 is 78.7 Å². The summed E-state index contributed by atoms with van der Waals surface area (Å²) in [5.74, 6) is -8.27. The molecule has 6 rings (SSSR count). The van der Waals surface area contributed by atoms with Gasteiger partial charge in [0, 0.05) is 40.5 Å². The Balaban J connectivity index is 0.000000529. The monoisotopic (exact) mass is 1030 g/mol. The summed E-state index contributed by atoms with van der Waals surface area (Å²) in [6.07, 6.45) is -23.5. The average Bonchev–Trinajstić information content (AvgIpc) is 3.27. The summed E-state index contributed by atoms with van der Waals surface area (Å²) in [4.78, 5) is 52.8. The molecule has 10 atom stereocenters. The number of aliphatic hydroxyl groups excluding tert-OH is 6. The highest BCUT2D eigenvalue weighted by atomic mass is 19.4. The number of carbonyl (C=O) groups excluding carboxylic acids is 2. The van der Waals surface area contributed by atoms with Crippen LogP contribution in [0.25, 0.3) is 32.9 Å².